The van der Waals surface area contributed by atoms with Gasteiger partial charge in [-0.05, 0) is 5.41 Å². The molecule has 1 heteroatoms. The third-order valence-corrected chi connectivity index (χ3v) is 6.25. The summed E-state index contributed by atoms with van der Waals surface area (Å²) >= 11 is -0.630. The Hall–Kier alpha value is 0.272. The van der Waals surface area contributed by atoms with Crippen LogP contribution in [0, 0.1) is 17.3 Å². The van der Waals surface area contributed by atoms with Gasteiger partial charge >= 0.3 is 0 Å². The van der Waals surface area contributed by atoms with Crippen LogP contribution in [0.1, 0.15) is 48.5 Å². The van der Waals surface area contributed by atoms with E-state index >= 15 is 0 Å². The molecule has 0 aromatic carbocycles. The van der Waals surface area contributed by atoms with Crippen molar-refractivity contribution in [3.8, 4) is 0 Å². The van der Waals surface area contributed by atoms with Gasteiger partial charge < -0.3 is 0 Å². The van der Waals surface area contributed by atoms with Crippen LogP contribution in [-0.4, -0.2) is 14.1 Å². The molecule has 0 aromatic heterocycles. The Morgan fingerprint density at radius 3 is 1.60 bits per heavy atom. The molecule has 0 bridgehead atoms. The van der Waals surface area contributed by atoms with Gasteiger partial charge in [-0.1, -0.05) is 76.9 Å². The van der Waals surface area contributed by atoms with Crippen LogP contribution in [0.5, 0.6) is 0 Å². The largest absolute Gasteiger partial charge is 0.294 e. The van der Waals surface area contributed by atoms with Crippen LogP contribution in [0.15, 0.2) is 11.0 Å². The van der Waals surface area contributed by atoms with Crippen molar-refractivity contribution >= 4 is 14.1 Å². The van der Waals surface area contributed by atoms with Crippen LogP contribution in [0.3, 0.4) is 0 Å². The van der Waals surface area contributed by atoms with Gasteiger partial charge in [0.1, 0.15) is 0 Å². The van der Waals surface area contributed by atoms with E-state index in [1.807, 2.05) is 0 Å². The van der Waals surface area contributed by atoms with E-state index in [0.717, 1.165) is 11.8 Å². The molecule has 0 saturated carbocycles. The minimum absolute atomic E-state index is 0.360. The maximum atomic E-state index is 2.58. The Kier molecular flexibility index (Phi) is 6.89. The van der Waals surface area contributed by atoms with E-state index in [4.69, 9.17) is 0 Å². The van der Waals surface area contributed by atoms with E-state index < -0.39 is 14.1 Å². The van der Waals surface area contributed by atoms with E-state index in [9.17, 15) is 0 Å². The molecule has 0 nitrogen and oxygen atoms in total. The molecule has 15 heavy (non-hydrogen) atoms. The Morgan fingerprint density at radius 2 is 1.33 bits per heavy atom. The Labute approximate surface area is 102 Å². The zero-order valence-electron chi connectivity index (χ0n) is 11.8. The highest BCUT2D eigenvalue weighted by Crippen LogP contribution is 2.19. The van der Waals surface area contributed by atoms with Crippen LogP contribution < -0.4 is 0 Å². The Morgan fingerprint density at radius 1 is 0.933 bits per heavy atom. The second-order valence-electron chi connectivity index (χ2n) is 6.74. The number of rotatable bonds is 5. The summed E-state index contributed by atoms with van der Waals surface area (Å²) in [5.41, 5.74) is 0.360. The molecule has 0 radical (unpaired) electrons. The van der Waals surface area contributed by atoms with Crippen LogP contribution >= 0.6 is 0 Å². The molecule has 0 heterocycles. The van der Waals surface area contributed by atoms with Crippen LogP contribution in [0.4, 0.5) is 0 Å². The van der Waals surface area contributed by atoms with Crippen molar-refractivity contribution in [1.82, 2.24) is 0 Å². The topological polar surface area (TPSA) is 0 Å². The lowest BCUT2D eigenvalue weighted by Crippen LogP contribution is -2.16. The first kappa shape index (κ1) is 15.3. The molecule has 0 rings (SSSR count). The van der Waals surface area contributed by atoms with Crippen molar-refractivity contribution < 1.29 is 0 Å². The average molecular weight is 224 g/mol. The lowest BCUT2D eigenvalue weighted by atomic mass is 9.98. The van der Waals surface area contributed by atoms with Gasteiger partial charge in [0.2, 0.25) is 0 Å². The van der Waals surface area contributed by atoms with Crippen molar-refractivity contribution in [2.24, 2.45) is 17.3 Å². The minimum Gasteiger partial charge on any atom is -0.148 e. The number of allylic oxidation sites excluding steroid dienone is 1. The highest BCUT2D eigenvalue weighted by molar-refractivity contribution is 6.64. The summed E-state index contributed by atoms with van der Waals surface area (Å²) < 4.78 is 0. The van der Waals surface area contributed by atoms with Gasteiger partial charge in [0.05, 0.1) is 0 Å². The third-order valence-electron chi connectivity index (χ3n) is 2.42. The van der Waals surface area contributed by atoms with E-state index in [2.05, 4.69) is 59.5 Å². The highest BCUT2D eigenvalue weighted by atomic mass is 27.2. The van der Waals surface area contributed by atoms with Crippen molar-refractivity contribution in [3.63, 3.8) is 0 Å². The van der Waals surface area contributed by atoms with Gasteiger partial charge in [-0.15, -0.1) is 4.94 Å². The molecule has 0 unspecified atom stereocenters. The fourth-order valence-corrected chi connectivity index (χ4v) is 5.67. The lowest BCUT2D eigenvalue weighted by Gasteiger charge is -2.16. The predicted molar refractivity (Wildman–Crippen MR) is 73.6 cm³/mol. The van der Waals surface area contributed by atoms with E-state index in [1.165, 1.54) is 10.6 Å². The summed E-state index contributed by atoms with van der Waals surface area (Å²) in [5.74, 6) is 1.73. The SMILES string of the molecule is CC(C)[CH2][Al](/[CH]=C/C(C)(C)C)[CH2]C(C)C. The molecule has 0 atom stereocenters. The second kappa shape index (κ2) is 6.77. The quantitative estimate of drug-likeness (QED) is 0.580. The zero-order valence-corrected chi connectivity index (χ0v) is 13.0. The third kappa shape index (κ3) is 10.6. The average Bonchev–Trinajstić information content (AvgIpc) is 1.96. The maximum Gasteiger partial charge on any atom is 0.294 e. The lowest BCUT2D eigenvalue weighted by molar-refractivity contribution is 0.544. The molecular formula is C14H29Al. The zero-order chi connectivity index (χ0) is 12.1. The van der Waals surface area contributed by atoms with Crippen molar-refractivity contribution in [2.75, 3.05) is 0 Å². The standard InChI is InChI=1S/C6H11.2C4H9.Al/c1-5-6(2,3)4;2*1-4(2)3;/h1,5H,2-4H3;2*4H,1H2,2-3H3;. The highest BCUT2D eigenvalue weighted by Gasteiger charge is 2.18. The second-order valence-corrected chi connectivity index (χ2v) is 9.59. The molecule has 0 aromatic rings. The van der Waals surface area contributed by atoms with Crippen LogP contribution in [0.25, 0.3) is 0 Å². The van der Waals surface area contributed by atoms with Crippen molar-refractivity contribution in [1.29, 1.82) is 0 Å². The maximum absolute atomic E-state index is 2.58. The smallest absolute Gasteiger partial charge is 0.148 e. The molecule has 0 aliphatic heterocycles. The first-order valence-electron chi connectivity index (χ1n) is 6.40. The first-order chi connectivity index (χ1) is 6.70. The normalized spacial score (nSPS) is 13.1. The summed E-state index contributed by atoms with van der Waals surface area (Å²) in [4.78, 5) is 2.58. The van der Waals surface area contributed by atoms with Gasteiger partial charge in [0.25, 0.3) is 14.1 Å². The molecule has 0 spiro atoms. The number of hydrogen-bond donors (Lipinski definition) is 0. The fourth-order valence-electron chi connectivity index (χ4n) is 1.89. The van der Waals surface area contributed by atoms with Crippen LogP contribution in [0.2, 0.25) is 10.6 Å². The van der Waals surface area contributed by atoms with Gasteiger partial charge in [0, 0.05) is 0 Å². The monoisotopic (exact) mass is 224 g/mol. The minimum atomic E-state index is -0.630. The predicted octanol–water partition coefficient (Wildman–Crippen LogP) is 4.93. The van der Waals surface area contributed by atoms with Crippen molar-refractivity contribution in [2.45, 2.75) is 59.0 Å². The first-order valence-corrected chi connectivity index (χ1v) is 8.70. The molecule has 0 aliphatic rings. The van der Waals surface area contributed by atoms with Gasteiger partial charge in [-0.25, -0.2) is 0 Å². The molecule has 0 N–H and O–H groups in total. The summed E-state index contributed by atoms with van der Waals surface area (Å²) in [6.07, 6.45) is 2.44. The molecular weight excluding hydrogens is 195 g/mol. The fraction of sp³-hybridized carbons (Fsp3) is 0.857. The summed E-state index contributed by atoms with van der Waals surface area (Å²) in [7, 11) is 0. The molecule has 88 valence electrons. The number of hydrogen-bond acceptors (Lipinski definition) is 0. The van der Waals surface area contributed by atoms with Crippen LogP contribution in [-0.2, 0) is 0 Å². The Bertz CT molecular complexity index is 174. The summed E-state index contributed by atoms with van der Waals surface area (Å²) in [5, 5.41) is 2.93. The summed E-state index contributed by atoms with van der Waals surface area (Å²) in [6, 6.07) is 0. The molecule has 0 saturated heterocycles. The van der Waals surface area contributed by atoms with Gasteiger partial charge in [0.15, 0.2) is 0 Å². The molecule has 0 fully saturated rings. The Balaban J connectivity index is 4.30. The van der Waals surface area contributed by atoms with Gasteiger partial charge in [-0.3, -0.25) is 0 Å². The molecule has 0 amide bonds. The summed E-state index contributed by atoms with van der Waals surface area (Å²) in [6.45, 7) is 16.3. The van der Waals surface area contributed by atoms with E-state index in [1.54, 1.807) is 0 Å². The van der Waals surface area contributed by atoms with E-state index in [-0.39, 0.29) is 0 Å². The van der Waals surface area contributed by atoms with Gasteiger partial charge in [-0.2, -0.15) is 0 Å². The molecule has 0 aliphatic carbocycles. The van der Waals surface area contributed by atoms with E-state index in [0.29, 0.717) is 5.41 Å². The van der Waals surface area contributed by atoms with Crippen molar-refractivity contribution in [3.05, 3.63) is 11.0 Å².